The highest BCUT2D eigenvalue weighted by Crippen LogP contribution is 2.33. The van der Waals surface area contributed by atoms with Gasteiger partial charge in [0.25, 0.3) is 5.91 Å². The number of hydrogen-bond donors (Lipinski definition) is 1. The van der Waals surface area contributed by atoms with Crippen molar-refractivity contribution in [1.82, 2.24) is 5.32 Å². The van der Waals surface area contributed by atoms with Crippen LogP contribution in [0.1, 0.15) is 12.5 Å². The number of rotatable bonds is 3. The summed E-state index contributed by atoms with van der Waals surface area (Å²) in [6.07, 6.45) is 0. The normalized spacial score (nSPS) is 22.9. The van der Waals surface area contributed by atoms with Crippen molar-refractivity contribution in [1.29, 1.82) is 0 Å². The number of hydrogen-bond acceptors (Lipinski definition) is 4. The minimum Gasteiger partial charge on any atom is -0.378 e. The second-order valence-corrected chi connectivity index (χ2v) is 7.21. The highest BCUT2D eigenvalue weighted by Gasteiger charge is 2.47. The molecule has 2 aromatic carbocycles. The Labute approximate surface area is 162 Å². The van der Waals surface area contributed by atoms with Crippen LogP contribution in [0.3, 0.4) is 0 Å². The van der Waals surface area contributed by atoms with Gasteiger partial charge in [-0.15, -0.1) is 0 Å². The van der Waals surface area contributed by atoms with E-state index in [1.54, 1.807) is 19.1 Å². The van der Waals surface area contributed by atoms with E-state index in [2.05, 4.69) is 10.2 Å². The molecule has 0 radical (unpaired) electrons. The molecule has 1 unspecified atom stereocenters. The van der Waals surface area contributed by atoms with Crippen molar-refractivity contribution in [2.24, 2.45) is 0 Å². The largest absolute Gasteiger partial charge is 0.378 e. The van der Waals surface area contributed by atoms with E-state index in [0.29, 0.717) is 5.69 Å². The number of carbonyl (C=O) groups is 1. The molecule has 1 atom stereocenters. The Morgan fingerprint density at radius 1 is 1.11 bits per heavy atom. The zero-order valence-electron chi connectivity index (χ0n) is 14.9. The molecular weight excluding hydrogens is 365 g/mol. The van der Waals surface area contributed by atoms with Crippen molar-refractivity contribution < 1.29 is 13.9 Å². The quantitative estimate of drug-likeness (QED) is 0.824. The second-order valence-electron chi connectivity index (χ2n) is 6.82. The summed E-state index contributed by atoms with van der Waals surface area (Å²) in [7, 11) is 0. The molecule has 0 saturated carbocycles. The van der Waals surface area contributed by atoms with Crippen LogP contribution in [0.25, 0.3) is 0 Å². The zero-order valence-corrected chi connectivity index (χ0v) is 15.8. The van der Waals surface area contributed by atoms with E-state index in [1.165, 1.54) is 17.0 Å². The summed E-state index contributed by atoms with van der Waals surface area (Å²) in [4.78, 5) is 16.8. The van der Waals surface area contributed by atoms with Gasteiger partial charge >= 0.3 is 0 Å². The predicted molar refractivity (Wildman–Crippen MR) is 106 cm³/mol. The van der Waals surface area contributed by atoms with Crippen LogP contribution in [0.4, 0.5) is 15.8 Å². The summed E-state index contributed by atoms with van der Waals surface area (Å²) in [6.45, 7) is 4.94. The Balaban J connectivity index is 1.61. The van der Waals surface area contributed by atoms with Gasteiger partial charge in [-0.3, -0.25) is 9.69 Å². The molecule has 1 N–H and O–H groups in total. The number of morpholine rings is 1. The average molecular weight is 385 g/mol. The van der Waals surface area contributed by atoms with Gasteiger partial charge in [0, 0.05) is 18.8 Å². The van der Waals surface area contributed by atoms with Crippen LogP contribution >= 0.6 is 12.2 Å². The topological polar surface area (TPSA) is 44.8 Å². The lowest BCUT2D eigenvalue weighted by Gasteiger charge is -2.29. The maximum Gasteiger partial charge on any atom is 0.263 e. The fraction of sp³-hybridized carbons (Fsp3) is 0.300. The minimum absolute atomic E-state index is 0.225. The fourth-order valence-electron chi connectivity index (χ4n) is 3.51. The first kappa shape index (κ1) is 17.9. The van der Waals surface area contributed by atoms with E-state index >= 15 is 0 Å². The predicted octanol–water partition coefficient (Wildman–Crippen LogP) is 2.80. The molecule has 4 rings (SSSR count). The van der Waals surface area contributed by atoms with Gasteiger partial charge in [0.1, 0.15) is 11.4 Å². The molecule has 2 aliphatic rings. The molecule has 2 aliphatic heterocycles. The van der Waals surface area contributed by atoms with Crippen LogP contribution in [-0.2, 0) is 15.1 Å². The Morgan fingerprint density at radius 2 is 1.81 bits per heavy atom. The van der Waals surface area contributed by atoms with Crippen LogP contribution in [-0.4, -0.2) is 37.3 Å². The molecule has 2 fully saturated rings. The molecule has 0 aliphatic carbocycles. The van der Waals surface area contributed by atoms with E-state index in [0.717, 1.165) is 37.6 Å². The van der Waals surface area contributed by atoms with Crippen molar-refractivity contribution in [3.05, 3.63) is 59.9 Å². The van der Waals surface area contributed by atoms with Crippen LogP contribution in [0.15, 0.2) is 48.5 Å². The van der Waals surface area contributed by atoms with Crippen molar-refractivity contribution in [2.45, 2.75) is 12.5 Å². The van der Waals surface area contributed by atoms with Crippen LogP contribution in [0.2, 0.25) is 0 Å². The second kappa shape index (κ2) is 6.90. The maximum absolute atomic E-state index is 13.6. The number of carbonyl (C=O) groups excluding carboxylic acids is 1. The number of halogens is 1. The Morgan fingerprint density at radius 3 is 2.48 bits per heavy atom. The lowest BCUT2D eigenvalue weighted by atomic mass is 9.91. The summed E-state index contributed by atoms with van der Waals surface area (Å²) in [5.74, 6) is -0.635. The molecular formula is C20H20FN3O2S. The van der Waals surface area contributed by atoms with Gasteiger partial charge in [-0.05, 0) is 55.0 Å². The Bertz CT molecular complexity index is 883. The third-order valence-electron chi connectivity index (χ3n) is 5.08. The van der Waals surface area contributed by atoms with E-state index in [4.69, 9.17) is 17.0 Å². The summed E-state index contributed by atoms with van der Waals surface area (Å²) in [6, 6.07) is 13.8. The van der Waals surface area contributed by atoms with Crippen LogP contribution in [0.5, 0.6) is 0 Å². The van der Waals surface area contributed by atoms with Crippen LogP contribution < -0.4 is 15.1 Å². The Kier molecular flexibility index (Phi) is 4.57. The lowest BCUT2D eigenvalue weighted by molar-refractivity contribution is -0.121. The molecule has 7 heteroatoms. The first-order chi connectivity index (χ1) is 13.0. The van der Waals surface area contributed by atoms with Gasteiger partial charge < -0.3 is 15.0 Å². The van der Waals surface area contributed by atoms with E-state index < -0.39 is 11.4 Å². The average Bonchev–Trinajstić information content (AvgIpc) is 2.92. The van der Waals surface area contributed by atoms with Crippen LogP contribution in [0, 0.1) is 5.82 Å². The summed E-state index contributed by atoms with van der Waals surface area (Å²) in [5, 5.41) is 3.38. The minimum atomic E-state index is -0.993. The molecule has 0 spiro atoms. The van der Waals surface area contributed by atoms with Crippen molar-refractivity contribution in [2.75, 3.05) is 36.1 Å². The standard InChI is InChI=1S/C20H20FN3O2S/c1-20(14-5-7-16(8-6-14)23-9-11-26-12-10-23)18(25)24(19(27)22-20)17-4-2-3-15(21)13-17/h2-8,13H,9-12H2,1H3,(H,22,27). The molecule has 2 heterocycles. The van der Waals surface area contributed by atoms with Gasteiger partial charge in [-0.1, -0.05) is 18.2 Å². The Hall–Kier alpha value is -2.51. The molecule has 140 valence electrons. The highest BCUT2D eigenvalue weighted by molar-refractivity contribution is 7.80. The van der Waals surface area contributed by atoms with Gasteiger partial charge in [0.05, 0.1) is 18.9 Å². The molecule has 2 aromatic rings. The molecule has 0 bridgehead atoms. The number of thiocarbonyl (C=S) groups is 1. The molecule has 0 aromatic heterocycles. The van der Waals surface area contributed by atoms with Gasteiger partial charge in [-0.25, -0.2) is 4.39 Å². The molecule has 27 heavy (non-hydrogen) atoms. The zero-order chi connectivity index (χ0) is 19.0. The number of nitrogens with one attached hydrogen (secondary N) is 1. The molecule has 1 amide bonds. The fourth-order valence-corrected chi connectivity index (χ4v) is 3.90. The van der Waals surface area contributed by atoms with E-state index in [9.17, 15) is 9.18 Å². The summed E-state index contributed by atoms with van der Waals surface area (Å²) < 4.78 is 19.0. The third kappa shape index (κ3) is 3.17. The third-order valence-corrected chi connectivity index (χ3v) is 5.36. The maximum atomic E-state index is 13.6. The highest BCUT2D eigenvalue weighted by atomic mass is 32.1. The van der Waals surface area contributed by atoms with Gasteiger partial charge in [0.15, 0.2) is 5.11 Å². The SMILES string of the molecule is CC1(c2ccc(N3CCOCC3)cc2)NC(=S)N(c2cccc(F)c2)C1=O. The molecule has 5 nitrogen and oxygen atoms in total. The number of amides is 1. The molecule has 2 saturated heterocycles. The number of anilines is 2. The smallest absolute Gasteiger partial charge is 0.263 e. The van der Waals surface area contributed by atoms with E-state index in [-0.39, 0.29) is 11.0 Å². The first-order valence-corrected chi connectivity index (χ1v) is 9.25. The number of nitrogens with zero attached hydrogens (tertiary/aromatic N) is 2. The van der Waals surface area contributed by atoms with Gasteiger partial charge in [-0.2, -0.15) is 0 Å². The summed E-state index contributed by atoms with van der Waals surface area (Å²) in [5.41, 5.74) is 1.34. The van der Waals surface area contributed by atoms with Crippen molar-refractivity contribution in [3.63, 3.8) is 0 Å². The number of ether oxygens (including phenoxy) is 1. The lowest BCUT2D eigenvalue weighted by Crippen LogP contribution is -2.41. The summed E-state index contributed by atoms with van der Waals surface area (Å²) >= 11 is 5.37. The number of benzene rings is 2. The van der Waals surface area contributed by atoms with E-state index in [1.807, 2.05) is 24.3 Å². The monoisotopic (exact) mass is 385 g/mol. The van der Waals surface area contributed by atoms with Crippen molar-refractivity contribution >= 4 is 34.6 Å². The first-order valence-electron chi connectivity index (χ1n) is 8.84. The van der Waals surface area contributed by atoms with Crippen molar-refractivity contribution in [3.8, 4) is 0 Å². The van der Waals surface area contributed by atoms with Gasteiger partial charge in [0.2, 0.25) is 0 Å².